The topological polar surface area (TPSA) is 56.3 Å². The minimum absolute atomic E-state index is 0.144. The third-order valence-corrected chi connectivity index (χ3v) is 2.65. The Morgan fingerprint density at radius 3 is 2.60 bits per heavy atom. The molecule has 0 aromatic carbocycles. The molecule has 0 amide bonds. The highest BCUT2D eigenvalue weighted by atomic mass is 16.5. The summed E-state index contributed by atoms with van der Waals surface area (Å²) in [5, 5.41) is 3.34. The molecule has 0 aliphatic heterocycles. The highest BCUT2D eigenvalue weighted by Crippen LogP contribution is 2.09. The fourth-order valence-corrected chi connectivity index (χ4v) is 1.59. The van der Waals surface area contributed by atoms with E-state index in [0.29, 0.717) is 19.2 Å². The molecule has 1 N–H and O–H groups in total. The standard InChI is InChI=1S/C15H27N3O2/c1-6-7-16-10-13-11-17-14(18-12(13)2)19-8-9-20-15(3,4)5/h11,16H,6-10H2,1-5H3. The van der Waals surface area contributed by atoms with Gasteiger partial charge >= 0.3 is 6.01 Å². The molecule has 0 unspecified atom stereocenters. The van der Waals surface area contributed by atoms with Crippen molar-refractivity contribution in [2.24, 2.45) is 0 Å². The first-order valence-corrected chi connectivity index (χ1v) is 7.22. The number of aromatic nitrogens is 2. The maximum absolute atomic E-state index is 5.58. The molecular formula is C15H27N3O2. The van der Waals surface area contributed by atoms with E-state index in [9.17, 15) is 0 Å². The van der Waals surface area contributed by atoms with Crippen LogP contribution in [-0.2, 0) is 11.3 Å². The van der Waals surface area contributed by atoms with E-state index in [4.69, 9.17) is 9.47 Å². The van der Waals surface area contributed by atoms with Gasteiger partial charge in [-0.2, -0.15) is 0 Å². The lowest BCUT2D eigenvalue weighted by molar-refractivity contribution is -0.0174. The fourth-order valence-electron chi connectivity index (χ4n) is 1.59. The van der Waals surface area contributed by atoms with Gasteiger partial charge in [-0.25, -0.2) is 9.97 Å². The molecule has 0 aliphatic carbocycles. The molecule has 5 nitrogen and oxygen atoms in total. The van der Waals surface area contributed by atoms with Crippen molar-refractivity contribution in [1.82, 2.24) is 15.3 Å². The van der Waals surface area contributed by atoms with Crippen LogP contribution in [0.4, 0.5) is 0 Å². The van der Waals surface area contributed by atoms with Crippen molar-refractivity contribution in [1.29, 1.82) is 0 Å². The molecule has 114 valence electrons. The molecule has 1 aromatic rings. The molecule has 0 atom stereocenters. The lowest BCUT2D eigenvalue weighted by Crippen LogP contribution is -2.22. The molecule has 0 saturated carbocycles. The Labute approximate surface area is 122 Å². The van der Waals surface area contributed by atoms with Crippen LogP contribution in [0.25, 0.3) is 0 Å². The predicted octanol–water partition coefficient (Wildman–Crippen LogP) is 2.48. The average Bonchev–Trinajstić information content (AvgIpc) is 2.36. The Kier molecular flexibility index (Phi) is 6.88. The molecule has 5 heteroatoms. The van der Waals surface area contributed by atoms with Gasteiger partial charge in [0.05, 0.1) is 12.2 Å². The second-order valence-corrected chi connectivity index (χ2v) is 5.75. The van der Waals surface area contributed by atoms with Gasteiger partial charge in [0.1, 0.15) is 6.61 Å². The highest BCUT2D eigenvalue weighted by Gasteiger charge is 2.10. The third-order valence-electron chi connectivity index (χ3n) is 2.65. The molecule has 1 aromatic heterocycles. The number of nitrogens with zero attached hydrogens (tertiary/aromatic N) is 2. The summed E-state index contributed by atoms with van der Waals surface area (Å²) < 4.78 is 11.1. The van der Waals surface area contributed by atoms with Crippen molar-refractivity contribution in [3.63, 3.8) is 0 Å². The average molecular weight is 281 g/mol. The Morgan fingerprint density at radius 1 is 1.25 bits per heavy atom. The van der Waals surface area contributed by atoms with Crippen molar-refractivity contribution in [3.05, 3.63) is 17.5 Å². The lowest BCUT2D eigenvalue weighted by atomic mass is 10.2. The summed E-state index contributed by atoms with van der Waals surface area (Å²) >= 11 is 0. The summed E-state index contributed by atoms with van der Waals surface area (Å²) in [5.74, 6) is 0. The summed E-state index contributed by atoms with van der Waals surface area (Å²) in [7, 11) is 0. The first-order chi connectivity index (χ1) is 9.42. The molecule has 0 radical (unpaired) electrons. The molecule has 0 fully saturated rings. The quantitative estimate of drug-likeness (QED) is 0.742. The summed E-state index contributed by atoms with van der Waals surface area (Å²) in [4.78, 5) is 8.58. The van der Waals surface area contributed by atoms with Gasteiger partial charge in [0, 0.05) is 24.0 Å². The van der Waals surface area contributed by atoms with Crippen molar-refractivity contribution < 1.29 is 9.47 Å². The molecule has 0 aliphatic rings. The number of ether oxygens (including phenoxy) is 2. The summed E-state index contributed by atoms with van der Waals surface area (Å²) in [6, 6.07) is 0.416. The number of nitrogens with one attached hydrogen (secondary N) is 1. The van der Waals surface area contributed by atoms with Crippen molar-refractivity contribution in [2.75, 3.05) is 19.8 Å². The van der Waals surface area contributed by atoms with Crippen LogP contribution in [0.5, 0.6) is 6.01 Å². The minimum Gasteiger partial charge on any atom is -0.461 e. The van der Waals surface area contributed by atoms with Gasteiger partial charge in [0.2, 0.25) is 0 Å². The van der Waals surface area contributed by atoms with E-state index >= 15 is 0 Å². The van der Waals surface area contributed by atoms with Gasteiger partial charge in [-0.05, 0) is 40.7 Å². The third kappa shape index (κ3) is 6.82. The molecule has 0 spiro atoms. The lowest BCUT2D eigenvalue weighted by Gasteiger charge is -2.19. The number of aryl methyl sites for hydroxylation is 1. The second kappa shape index (κ2) is 8.17. The highest BCUT2D eigenvalue weighted by molar-refractivity contribution is 5.17. The van der Waals surface area contributed by atoms with Gasteiger partial charge in [-0.15, -0.1) is 0 Å². The molecular weight excluding hydrogens is 254 g/mol. The van der Waals surface area contributed by atoms with Gasteiger partial charge in [-0.3, -0.25) is 0 Å². The van der Waals surface area contributed by atoms with Crippen LogP contribution in [0, 0.1) is 6.92 Å². The summed E-state index contributed by atoms with van der Waals surface area (Å²) in [5.41, 5.74) is 1.92. The van der Waals surface area contributed by atoms with Crippen LogP contribution in [0.1, 0.15) is 45.4 Å². The zero-order valence-electron chi connectivity index (χ0n) is 13.3. The largest absolute Gasteiger partial charge is 0.461 e. The van der Waals surface area contributed by atoms with Crippen LogP contribution < -0.4 is 10.1 Å². The van der Waals surface area contributed by atoms with E-state index in [2.05, 4.69) is 22.2 Å². The van der Waals surface area contributed by atoms with E-state index in [1.165, 1.54) is 0 Å². The van der Waals surface area contributed by atoms with Gasteiger partial charge in [0.15, 0.2) is 0 Å². The SMILES string of the molecule is CCCNCc1cnc(OCCOC(C)(C)C)nc1C. The van der Waals surface area contributed by atoms with E-state index in [1.807, 2.05) is 33.9 Å². The van der Waals surface area contributed by atoms with E-state index in [0.717, 1.165) is 30.8 Å². The smallest absolute Gasteiger partial charge is 0.316 e. The van der Waals surface area contributed by atoms with Crippen LogP contribution in [0.15, 0.2) is 6.20 Å². The molecule has 20 heavy (non-hydrogen) atoms. The number of hydrogen-bond acceptors (Lipinski definition) is 5. The van der Waals surface area contributed by atoms with Crippen molar-refractivity contribution >= 4 is 0 Å². The second-order valence-electron chi connectivity index (χ2n) is 5.75. The maximum atomic E-state index is 5.58. The normalized spacial score (nSPS) is 11.7. The monoisotopic (exact) mass is 281 g/mol. The van der Waals surface area contributed by atoms with Crippen LogP contribution in [0.3, 0.4) is 0 Å². The Morgan fingerprint density at radius 2 is 2.00 bits per heavy atom. The first kappa shape index (κ1) is 16.9. The fraction of sp³-hybridized carbons (Fsp3) is 0.733. The van der Waals surface area contributed by atoms with E-state index in [1.54, 1.807) is 0 Å². The minimum atomic E-state index is -0.144. The molecule has 0 saturated heterocycles. The Bertz CT molecular complexity index is 403. The zero-order chi connectivity index (χ0) is 15.0. The van der Waals surface area contributed by atoms with E-state index in [-0.39, 0.29) is 5.60 Å². The predicted molar refractivity (Wildman–Crippen MR) is 80.0 cm³/mol. The Balaban J connectivity index is 2.39. The first-order valence-electron chi connectivity index (χ1n) is 7.22. The Hall–Kier alpha value is -1.20. The van der Waals surface area contributed by atoms with Gasteiger partial charge in [0.25, 0.3) is 0 Å². The number of rotatable bonds is 8. The van der Waals surface area contributed by atoms with Crippen molar-refractivity contribution in [3.8, 4) is 6.01 Å². The molecule has 0 bridgehead atoms. The van der Waals surface area contributed by atoms with E-state index < -0.39 is 0 Å². The van der Waals surface area contributed by atoms with Crippen LogP contribution >= 0.6 is 0 Å². The molecule has 1 heterocycles. The number of hydrogen-bond donors (Lipinski definition) is 1. The zero-order valence-corrected chi connectivity index (χ0v) is 13.3. The van der Waals surface area contributed by atoms with Crippen LogP contribution in [0.2, 0.25) is 0 Å². The van der Waals surface area contributed by atoms with Gasteiger partial charge < -0.3 is 14.8 Å². The summed E-state index contributed by atoms with van der Waals surface area (Å²) in [6.45, 7) is 13.0. The van der Waals surface area contributed by atoms with Crippen molar-refractivity contribution in [2.45, 2.75) is 53.2 Å². The molecule has 1 rings (SSSR count). The van der Waals surface area contributed by atoms with Crippen LogP contribution in [-0.4, -0.2) is 35.3 Å². The summed E-state index contributed by atoms with van der Waals surface area (Å²) in [6.07, 6.45) is 2.94. The maximum Gasteiger partial charge on any atom is 0.316 e. The van der Waals surface area contributed by atoms with Gasteiger partial charge in [-0.1, -0.05) is 6.92 Å².